The van der Waals surface area contributed by atoms with Gasteiger partial charge in [-0.1, -0.05) is 0 Å². The van der Waals surface area contributed by atoms with Crippen molar-refractivity contribution < 1.29 is 9.47 Å². The highest BCUT2D eigenvalue weighted by Crippen LogP contribution is 2.44. The number of fused-ring (bicyclic) bond motifs is 2. The molecule has 0 aromatic carbocycles. The van der Waals surface area contributed by atoms with Gasteiger partial charge in [-0.05, 0) is 26.7 Å². The van der Waals surface area contributed by atoms with Crippen LogP contribution in [0.2, 0.25) is 0 Å². The van der Waals surface area contributed by atoms with Gasteiger partial charge in [-0.3, -0.25) is 0 Å². The van der Waals surface area contributed by atoms with Gasteiger partial charge in [0.05, 0.1) is 0 Å². The van der Waals surface area contributed by atoms with Crippen molar-refractivity contribution in [3.05, 3.63) is 0 Å². The normalized spacial score (nSPS) is 34.3. The molecule has 0 unspecified atom stereocenters. The lowest BCUT2D eigenvalue weighted by molar-refractivity contribution is -0.233. The van der Waals surface area contributed by atoms with Crippen molar-refractivity contribution in [2.45, 2.75) is 44.6 Å². The quantitative estimate of drug-likeness (QED) is 0.625. The molecule has 4 nitrogen and oxygen atoms in total. The Morgan fingerprint density at radius 1 is 1.08 bits per heavy atom. The molecule has 2 atom stereocenters. The predicted octanol–water partition coefficient (Wildman–Crippen LogP) is 1.75. The fourth-order valence-corrected chi connectivity index (χ4v) is 2.26. The standard InChI is InChI=1S/C9H16N2O2/c1-3-12-9(13-4-2)7-5-6-8(9)11-10-7/h7-8H,3-6H2,1-2H3/t7-,8+. The molecule has 0 saturated heterocycles. The maximum Gasteiger partial charge on any atom is 0.217 e. The van der Waals surface area contributed by atoms with Crippen molar-refractivity contribution in [1.82, 2.24) is 0 Å². The molecule has 4 heteroatoms. The largest absolute Gasteiger partial charge is 0.346 e. The van der Waals surface area contributed by atoms with Gasteiger partial charge in [-0.25, -0.2) is 0 Å². The molecule has 0 radical (unpaired) electrons. The van der Waals surface area contributed by atoms with E-state index >= 15 is 0 Å². The van der Waals surface area contributed by atoms with E-state index in [9.17, 15) is 0 Å². The topological polar surface area (TPSA) is 43.2 Å². The van der Waals surface area contributed by atoms with Crippen LogP contribution in [0.5, 0.6) is 0 Å². The molecule has 0 aromatic rings. The lowest BCUT2D eigenvalue weighted by Crippen LogP contribution is -2.46. The number of hydrogen-bond acceptors (Lipinski definition) is 4. The van der Waals surface area contributed by atoms with Gasteiger partial charge in [0.1, 0.15) is 12.1 Å². The molecule has 2 aliphatic rings. The third-order valence-corrected chi connectivity index (χ3v) is 2.73. The van der Waals surface area contributed by atoms with E-state index in [1.165, 1.54) is 0 Å². The van der Waals surface area contributed by atoms with Crippen LogP contribution in [0, 0.1) is 0 Å². The van der Waals surface area contributed by atoms with Gasteiger partial charge < -0.3 is 9.47 Å². The third kappa shape index (κ3) is 1.20. The Balaban J connectivity index is 2.15. The van der Waals surface area contributed by atoms with E-state index in [-0.39, 0.29) is 12.1 Å². The molecule has 2 rings (SSSR count). The van der Waals surface area contributed by atoms with Crippen LogP contribution in [-0.2, 0) is 9.47 Å². The number of nitrogens with zero attached hydrogens (tertiary/aromatic N) is 2. The minimum absolute atomic E-state index is 0.136. The molecule has 0 N–H and O–H groups in total. The second-order valence-electron chi connectivity index (χ2n) is 3.43. The van der Waals surface area contributed by atoms with Gasteiger partial charge in [-0.2, -0.15) is 10.2 Å². The maximum atomic E-state index is 5.71. The zero-order valence-corrected chi connectivity index (χ0v) is 8.19. The van der Waals surface area contributed by atoms with E-state index in [1.54, 1.807) is 0 Å². The van der Waals surface area contributed by atoms with Gasteiger partial charge in [0.2, 0.25) is 5.79 Å². The molecule has 1 heterocycles. The second-order valence-corrected chi connectivity index (χ2v) is 3.43. The summed E-state index contributed by atoms with van der Waals surface area (Å²) in [5, 5.41) is 8.34. The Labute approximate surface area is 78.3 Å². The first-order valence-corrected chi connectivity index (χ1v) is 5.01. The molecular formula is C9H16N2O2. The summed E-state index contributed by atoms with van der Waals surface area (Å²) < 4.78 is 11.4. The lowest BCUT2D eigenvalue weighted by atomic mass is 10.1. The van der Waals surface area contributed by atoms with Crippen LogP contribution in [0.15, 0.2) is 10.2 Å². The summed E-state index contributed by atoms with van der Waals surface area (Å²) in [7, 11) is 0. The van der Waals surface area contributed by atoms with Crippen molar-refractivity contribution >= 4 is 0 Å². The van der Waals surface area contributed by atoms with Crippen molar-refractivity contribution in [3.8, 4) is 0 Å². The van der Waals surface area contributed by atoms with E-state index in [4.69, 9.17) is 9.47 Å². The van der Waals surface area contributed by atoms with Crippen LogP contribution in [0.25, 0.3) is 0 Å². The summed E-state index contributed by atoms with van der Waals surface area (Å²) in [5.41, 5.74) is 0. The van der Waals surface area contributed by atoms with Crippen molar-refractivity contribution in [2.75, 3.05) is 13.2 Å². The van der Waals surface area contributed by atoms with Crippen molar-refractivity contribution in [3.63, 3.8) is 0 Å². The number of hydrogen-bond donors (Lipinski definition) is 0. The molecule has 0 aromatic heterocycles. The van der Waals surface area contributed by atoms with Gasteiger partial charge in [0, 0.05) is 13.2 Å². The summed E-state index contributed by atoms with van der Waals surface area (Å²) >= 11 is 0. The van der Waals surface area contributed by atoms with Crippen molar-refractivity contribution in [2.24, 2.45) is 10.2 Å². The van der Waals surface area contributed by atoms with Gasteiger partial charge in [0.25, 0.3) is 0 Å². The average molecular weight is 184 g/mol. The van der Waals surface area contributed by atoms with E-state index in [2.05, 4.69) is 10.2 Å². The summed E-state index contributed by atoms with van der Waals surface area (Å²) in [6.45, 7) is 5.30. The Bertz CT molecular complexity index is 196. The Hall–Kier alpha value is -0.480. The molecule has 13 heavy (non-hydrogen) atoms. The minimum atomic E-state index is -0.510. The minimum Gasteiger partial charge on any atom is -0.346 e. The molecule has 0 amide bonds. The predicted molar refractivity (Wildman–Crippen MR) is 47.6 cm³/mol. The molecule has 0 spiro atoms. The van der Waals surface area contributed by atoms with Crippen LogP contribution in [-0.4, -0.2) is 31.1 Å². The lowest BCUT2D eigenvalue weighted by Gasteiger charge is -2.30. The monoisotopic (exact) mass is 184 g/mol. The van der Waals surface area contributed by atoms with Gasteiger partial charge in [-0.15, -0.1) is 0 Å². The zero-order valence-electron chi connectivity index (χ0n) is 8.19. The highest BCUT2D eigenvalue weighted by Gasteiger charge is 2.57. The highest BCUT2D eigenvalue weighted by molar-refractivity contribution is 5.06. The zero-order chi connectivity index (χ0) is 9.31. The van der Waals surface area contributed by atoms with E-state index in [1.807, 2.05) is 13.8 Å². The number of ether oxygens (including phenoxy) is 2. The Kier molecular flexibility index (Phi) is 2.34. The van der Waals surface area contributed by atoms with Crippen LogP contribution in [0.3, 0.4) is 0 Å². The van der Waals surface area contributed by atoms with E-state index < -0.39 is 5.79 Å². The number of azo groups is 1. The van der Waals surface area contributed by atoms with Crippen LogP contribution < -0.4 is 0 Å². The van der Waals surface area contributed by atoms with E-state index in [0.717, 1.165) is 12.8 Å². The third-order valence-electron chi connectivity index (χ3n) is 2.73. The molecular weight excluding hydrogens is 168 g/mol. The molecule has 1 fully saturated rings. The van der Waals surface area contributed by atoms with E-state index in [0.29, 0.717) is 13.2 Å². The van der Waals surface area contributed by atoms with Crippen LogP contribution in [0.1, 0.15) is 26.7 Å². The summed E-state index contributed by atoms with van der Waals surface area (Å²) in [4.78, 5) is 0. The summed E-state index contributed by atoms with van der Waals surface area (Å²) in [6, 6.07) is 0.273. The van der Waals surface area contributed by atoms with Gasteiger partial charge in [0.15, 0.2) is 0 Å². The SMILES string of the molecule is CCOC1(OCC)[C@@H]2CC[C@H]1N=N2. The fraction of sp³-hybridized carbons (Fsp3) is 1.00. The van der Waals surface area contributed by atoms with Crippen LogP contribution in [0.4, 0.5) is 0 Å². The molecule has 1 aliphatic carbocycles. The summed E-state index contributed by atoms with van der Waals surface area (Å²) in [5.74, 6) is -0.510. The first kappa shape index (κ1) is 9.09. The first-order valence-electron chi connectivity index (χ1n) is 5.01. The fourth-order valence-electron chi connectivity index (χ4n) is 2.26. The van der Waals surface area contributed by atoms with Crippen molar-refractivity contribution in [1.29, 1.82) is 0 Å². The maximum absolute atomic E-state index is 5.71. The smallest absolute Gasteiger partial charge is 0.217 e. The average Bonchev–Trinajstić information content (AvgIpc) is 2.63. The van der Waals surface area contributed by atoms with Gasteiger partial charge >= 0.3 is 0 Å². The highest BCUT2D eigenvalue weighted by atomic mass is 16.7. The Morgan fingerprint density at radius 3 is 1.85 bits per heavy atom. The second kappa shape index (κ2) is 3.35. The van der Waals surface area contributed by atoms with Crippen LogP contribution >= 0.6 is 0 Å². The molecule has 2 bridgehead atoms. The summed E-state index contributed by atoms with van der Waals surface area (Å²) in [6.07, 6.45) is 2.10. The first-order chi connectivity index (χ1) is 6.33. The molecule has 74 valence electrons. The number of rotatable bonds is 4. The Morgan fingerprint density at radius 2 is 1.54 bits per heavy atom. The molecule has 1 saturated carbocycles. The molecule has 1 aliphatic heterocycles.